The Kier molecular flexibility index (Phi) is 6.25. The van der Waals surface area contributed by atoms with Crippen molar-refractivity contribution in [1.29, 1.82) is 0 Å². The second kappa shape index (κ2) is 8.19. The molecule has 7 heteroatoms. The second-order valence-electron chi connectivity index (χ2n) is 5.66. The lowest BCUT2D eigenvalue weighted by Crippen LogP contribution is -2.07. The van der Waals surface area contributed by atoms with Gasteiger partial charge in [-0.15, -0.1) is 21.6 Å². The Labute approximate surface area is 145 Å². The van der Waals surface area contributed by atoms with Gasteiger partial charge in [0.05, 0.1) is 6.61 Å². The maximum atomic E-state index is 12.4. The lowest BCUT2D eigenvalue weighted by atomic mass is 10.1. The first-order valence-corrected chi connectivity index (χ1v) is 8.91. The van der Waals surface area contributed by atoms with E-state index in [1.165, 1.54) is 25.2 Å². The quantitative estimate of drug-likeness (QED) is 0.275. The molecule has 0 spiro atoms. The summed E-state index contributed by atoms with van der Waals surface area (Å²) in [7, 11) is 0. The number of hydrogen-bond acceptors (Lipinski definition) is 7. The predicted octanol–water partition coefficient (Wildman–Crippen LogP) is 4.66. The van der Waals surface area contributed by atoms with Crippen molar-refractivity contribution in [3.8, 4) is 0 Å². The number of esters is 1. The lowest BCUT2D eigenvalue weighted by molar-refractivity contribution is -0.113. The number of hydrogen-bond donors (Lipinski definition) is 1. The summed E-state index contributed by atoms with van der Waals surface area (Å²) in [5.74, 6) is -0.975. The van der Waals surface area contributed by atoms with E-state index in [1.807, 2.05) is 0 Å². The number of carbonyl (C=O) groups is 2. The molecule has 2 rings (SSSR count). The van der Waals surface area contributed by atoms with E-state index in [9.17, 15) is 14.7 Å². The highest BCUT2D eigenvalue weighted by Gasteiger charge is 2.26. The molecule has 1 heterocycles. The highest BCUT2D eigenvalue weighted by molar-refractivity contribution is 7.16. The van der Waals surface area contributed by atoms with Gasteiger partial charge in [0, 0.05) is 11.8 Å². The van der Waals surface area contributed by atoms with Gasteiger partial charge in [0.1, 0.15) is 11.3 Å². The van der Waals surface area contributed by atoms with Crippen LogP contribution in [0.2, 0.25) is 0 Å². The summed E-state index contributed by atoms with van der Waals surface area (Å²) in [6.45, 7) is 4.74. The number of allylic oxidation sites excluding steroid dienone is 2. The summed E-state index contributed by atoms with van der Waals surface area (Å²) in [5.41, 5.74) is 1.35. The maximum absolute atomic E-state index is 12.4. The molecule has 6 nitrogen and oxygen atoms in total. The molecule has 1 aliphatic carbocycles. The van der Waals surface area contributed by atoms with Crippen molar-refractivity contribution in [2.45, 2.75) is 52.9 Å². The number of carbonyl (C=O) groups excluding carboxylic acids is 2. The summed E-state index contributed by atoms with van der Waals surface area (Å²) in [4.78, 5) is 25.0. The standard InChI is InChI=1S/C17H22N2O4S/c1-4-23-17(22)14-12-8-6-5-7-9-13(12)24-16(14)19-18-15(10(2)20)11(3)21/h20H,4-9H2,1-3H3. The molecule has 1 aromatic heterocycles. The average Bonchev–Trinajstić information content (AvgIpc) is 2.69. The highest BCUT2D eigenvalue weighted by Crippen LogP contribution is 2.40. The molecule has 0 saturated carbocycles. The molecule has 0 saturated heterocycles. The molecule has 0 bridgehead atoms. The minimum atomic E-state index is -0.403. The van der Waals surface area contributed by atoms with E-state index in [0.29, 0.717) is 10.6 Å². The van der Waals surface area contributed by atoms with Gasteiger partial charge in [0.15, 0.2) is 16.5 Å². The average molecular weight is 350 g/mol. The number of nitrogens with zero attached hydrogens (tertiary/aromatic N) is 2. The van der Waals surface area contributed by atoms with Crippen molar-refractivity contribution in [2.24, 2.45) is 10.2 Å². The predicted molar refractivity (Wildman–Crippen MR) is 92.1 cm³/mol. The zero-order valence-electron chi connectivity index (χ0n) is 14.2. The zero-order chi connectivity index (χ0) is 17.7. The van der Waals surface area contributed by atoms with Crippen molar-refractivity contribution >= 4 is 28.1 Å². The van der Waals surface area contributed by atoms with E-state index in [0.717, 1.165) is 42.5 Å². The molecular formula is C17H22N2O4S. The molecule has 0 radical (unpaired) electrons. The molecule has 0 unspecified atom stereocenters. The minimum Gasteiger partial charge on any atom is -0.510 e. The van der Waals surface area contributed by atoms with E-state index in [1.54, 1.807) is 6.92 Å². The van der Waals surface area contributed by atoms with Gasteiger partial charge in [0.25, 0.3) is 0 Å². The molecule has 1 aliphatic rings. The van der Waals surface area contributed by atoms with Crippen LogP contribution in [0.25, 0.3) is 0 Å². The van der Waals surface area contributed by atoms with Crippen molar-refractivity contribution in [2.75, 3.05) is 6.61 Å². The van der Waals surface area contributed by atoms with Gasteiger partial charge in [-0.05, 0) is 45.1 Å². The highest BCUT2D eigenvalue weighted by atomic mass is 32.1. The molecule has 1 N–H and O–H groups in total. The SMILES string of the molecule is CCOC(=O)c1c(N=NC(C(C)=O)=C(C)O)sc2c1CCCCC2. The van der Waals surface area contributed by atoms with Gasteiger partial charge < -0.3 is 9.84 Å². The summed E-state index contributed by atoms with van der Waals surface area (Å²) in [6, 6.07) is 0. The van der Waals surface area contributed by atoms with Crippen LogP contribution in [0.3, 0.4) is 0 Å². The molecule has 130 valence electrons. The number of fused-ring (bicyclic) bond motifs is 1. The van der Waals surface area contributed by atoms with E-state index in [2.05, 4.69) is 10.2 Å². The van der Waals surface area contributed by atoms with Crippen molar-refractivity contribution in [3.05, 3.63) is 27.5 Å². The number of Topliss-reactive ketones (excluding diaryl/α,β-unsaturated/α-hetero) is 1. The number of aliphatic hydroxyl groups is 1. The number of thiophene rings is 1. The molecule has 0 fully saturated rings. The van der Waals surface area contributed by atoms with Crippen LogP contribution in [-0.4, -0.2) is 23.5 Å². The first-order valence-electron chi connectivity index (χ1n) is 8.09. The Morgan fingerprint density at radius 1 is 1.21 bits per heavy atom. The van der Waals surface area contributed by atoms with Gasteiger partial charge in [-0.1, -0.05) is 6.42 Å². The summed E-state index contributed by atoms with van der Waals surface area (Å²) in [6.07, 6.45) is 4.99. The van der Waals surface area contributed by atoms with E-state index >= 15 is 0 Å². The van der Waals surface area contributed by atoms with Crippen molar-refractivity contribution in [3.63, 3.8) is 0 Å². The van der Waals surface area contributed by atoms with Crippen LogP contribution in [0.4, 0.5) is 5.00 Å². The number of rotatable bonds is 5. The first kappa shape index (κ1) is 18.3. The normalized spacial score (nSPS) is 15.6. The van der Waals surface area contributed by atoms with Gasteiger partial charge in [0.2, 0.25) is 0 Å². The third-order valence-electron chi connectivity index (χ3n) is 3.80. The Bertz CT molecular complexity index is 700. The van der Waals surface area contributed by atoms with E-state index < -0.39 is 5.97 Å². The van der Waals surface area contributed by atoms with Crippen LogP contribution in [0.5, 0.6) is 0 Å². The van der Waals surface area contributed by atoms with Crippen LogP contribution in [0, 0.1) is 0 Å². The maximum Gasteiger partial charge on any atom is 0.341 e. The molecule has 24 heavy (non-hydrogen) atoms. The van der Waals surface area contributed by atoms with Gasteiger partial charge in [-0.3, -0.25) is 4.79 Å². The molecule has 0 aliphatic heterocycles. The number of aryl methyl sites for hydroxylation is 1. The van der Waals surface area contributed by atoms with Gasteiger partial charge >= 0.3 is 5.97 Å². The van der Waals surface area contributed by atoms with Crippen molar-refractivity contribution < 1.29 is 19.4 Å². The number of azo groups is 1. The smallest absolute Gasteiger partial charge is 0.341 e. The summed E-state index contributed by atoms with van der Waals surface area (Å²) in [5, 5.41) is 17.9. The molecule has 0 atom stereocenters. The van der Waals surface area contributed by atoms with Gasteiger partial charge in [-0.2, -0.15) is 0 Å². The first-order chi connectivity index (χ1) is 11.5. The van der Waals surface area contributed by atoms with Gasteiger partial charge in [-0.25, -0.2) is 4.79 Å². The zero-order valence-corrected chi connectivity index (χ0v) is 15.0. The fraction of sp³-hybridized carbons (Fsp3) is 0.529. The largest absolute Gasteiger partial charge is 0.510 e. The molecular weight excluding hydrogens is 328 g/mol. The van der Waals surface area contributed by atoms with Crippen LogP contribution in [0.15, 0.2) is 21.7 Å². The number of ether oxygens (including phenoxy) is 1. The summed E-state index contributed by atoms with van der Waals surface area (Å²) < 4.78 is 5.17. The number of ketones is 1. The Morgan fingerprint density at radius 2 is 1.92 bits per heavy atom. The fourth-order valence-electron chi connectivity index (χ4n) is 2.71. The van der Waals surface area contributed by atoms with E-state index in [4.69, 9.17) is 4.74 Å². The van der Waals surface area contributed by atoms with Crippen LogP contribution in [-0.2, 0) is 22.4 Å². The monoisotopic (exact) mass is 350 g/mol. The van der Waals surface area contributed by atoms with Crippen LogP contribution in [0.1, 0.15) is 60.8 Å². The second-order valence-corrected chi connectivity index (χ2v) is 6.74. The number of aliphatic hydroxyl groups excluding tert-OH is 1. The Morgan fingerprint density at radius 3 is 2.54 bits per heavy atom. The molecule has 1 aromatic rings. The third kappa shape index (κ3) is 4.08. The topological polar surface area (TPSA) is 88.3 Å². The lowest BCUT2D eigenvalue weighted by Gasteiger charge is -2.05. The van der Waals surface area contributed by atoms with Crippen LogP contribution >= 0.6 is 11.3 Å². The Hall–Kier alpha value is -2.02. The van der Waals surface area contributed by atoms with Crippen LogP contribution < -0.4 is 0 Å². The fourth-order valence-corrected chi connectivity index (χ4v) is 3.90. The Balaban J connectivity index is 2.47. The summed E-state index contributed by atoms with van der Waals surface area (Å²) >= 11 is 1.42. The minimum absolute atomic E-state index is 0.103. The molecule has 0 amide bonds. The van der Waals surface area contributed by atoms with Crippen molar-refractivity contribution in [1.82, 2.24) is 0 Å². The van der Waals surface area contributed by atoms with E-state index in [-0.39, 0.29) is 23.8 Å². The molecule has 0 aromatic carbocycles. The third-order valence-corrected chi connectivity index (χ3v) is 4.98.